The Kier molecular flexibility index (Phi) is 19.0. The number of allylic oxidation sites excluding steroid dienone is 2. The SMILES string of the molecule is C=CC=C.CCCCCC(O)O.c1ccccc1. The largest absolute Gasteiger partial charge is 0.368 e. The van der Waals surface area contributed by atoms with Gasteiger partial charge in [-0.3, -0.25) is 0 Å². The Labute approximate surface area is 111 Å². The highest BCUT2D eigenvalue weighted by atomic mass is 16.5. The van der Waals surface area contributed by atoms with E-state index in [0.717, 1.165) is 19.3 Å². The zero-order valence-corrected chi connectivity index (χ0v) is 11.3. The maximum absolute atomic E-state index is 8.33. The van der Waals surface area contributed by atoms with Gasteiger partial charge >= 0.3 is 0 Å². The lowest BCUT2D eigenvalue weighted by molar-refractivity contribution is -0.0465. The second-order valence-electron chi connectivity index (χ2n) is 3.60. The minimum absolute atomic E-state index is 0.522. The average Bonchev–Trinajstić information content (AvgIpc) is 2.42. The molecule has 0 saturated heterocycles. The minimum atomic E-state index is -1.10. The van der Waals surface area contributed by atoms with Crippen LogP contribution in [0.3, 0.4) is 0 Å². The van der Waals surface area contributed by atoms with E-state index in [0.29, 0.717) is 6.42 Å². The van der Waals surface area contributed by atoms with Crippen molar-refractivity contribution in [2.45, 2.75) is 38.9 Å². The minimum Gasteiger partial charge on any atom is -0.368 e. The molecule has 0 aliphatic rings. The van der Waals surface area contributed by atoms with Gasteiger partial charge in [0.25, 0.3) is 0 Å². The van der Waals surface area contributed by atoms with Gasteiger partial charge in [0.15, 0.2) is 6.29 Å². The van der Waals surface area contributed by atoms with E-state index in [4.69, 9.17) is 10.2 Å². The molecule has 1 aromatic carbocycles. The van der Waals surface area contributed by atoms with E-state index in [9.17, 15) is 0 Å². The van der Waals surface area contributed by atoms with Gasteiger partial charge < -0.3 is 10.2 Å². The second-order valence-corrected chi connectivity index (χ2v) is 3.60. The zero-order valence-electron chi connectivity index (χ0n) is 11.3. The third-order valence-electron chi connectivity index (χ3n) is 1.90. The molecule has 1 aromatic rings. The van der Waals surface area contributed by atoms with Crippen molar-refractivity contribution in [3.8, 4) is 0 Å². The lowest BCUT2D eigenvalue weighted by Gasteiger charge is -1.99. The van der Waals surface area contributed by atoms with Crippen molar-refractivity contribution < 1.29 is 10.2 Å². The van der Waals surface area contributed by atoms with E-state index in [1.54, 1.807) is 12.2 Å². The maximum atomic E-state index is 8.33. The van der Waals surface area contributed by atoms with E-state index in [2.05, 4.69) is 20.1 Å². The normalized spacial score (nSPS) is 8.44. The molecule has 102 valence electrons. The van der Waals surface area contributed by atoms with Crippen LogP contribution in [0.2, 0.25) is 0 Å². The fourth-order valence-corrected chi connectivity index (χ4v) is 0.962. The maximum Gasteiger partial charge on any atom is 0.151 e. The lowest BCUT2D eigenvalue weighted by atomic mass is 10.2. The molecule has 0 bridgehead atoms. The first-order valence-electron chi connectivity index (χ1n) is 6.28. The molecule has 0 heterocycles. The predicted molar refractivity (Wildman–Crippen MR) is 79.2 cm³/mol. The van der Waals surface area contributed by atoms with E-state index in [1.165, 1.54) is 0 Å². The summed E-state index contributed by atoms with van der Waals surface area (Å²) in [6.45, 7) is 8.81. The molecule has 1 rings (SSSR count). The summed E-state index contributed by atoms with van der Waals surface area (Å²) in [5.41, 5.74) is 0. The molecule has 0 aromatic heterocycles. The van der Waals surface area contributed by atoms with Gasteiger partial charge in [-0.25, -0.2) is 0 Å². The second kappa shape index (κ2) is 18.0. The Balaban J connectivity index is 0. The molecule has 0 fully saturated rings. The van der Waals surface area contributed by atoms with Crippen LogP contribution in [-0.2, 0) is 0 Å². The molecule has 0 radical (unpaired) electrons. The van der Waals surface area contributed by atoms with Gasteiger partial charge in [-0.15, -0.1) is 0 Å². The molecule has 0 aliphatic carbocycles. The van der Waals surface area contributed by atoms with Gasteiger partial charge in [0.05, 0.1) is 0 Å². The molecular weight excluding hydrogens is 224 g/mol. The zero-order chi connectivity index (χ0) is 14.1. The van der Waals surface area contributed by atoms with Crippen molar-refractivity contribution in [1.29, 1.82) is 0 Å². The van der Waals surface area contributed by atoms with E-state index < -0.39 is 6.29 Å². The smallest absolute Gasteiger partial charge is 0.151 e. The van der Waals surface area contributed by atoms with E-state index >= 15 is 0 Å². The molecule has 0 saturated carbocycles. The number of rotatable bonds is 5. The fraction of sp³-hybridized carbons (Fsp3) is 0.375. The third kappa shape index (κ3) is 24.0. The highest BCUT2D eigenvalue weighted by Crippen LogP contribution is 1.99. The molecule has 18 heavy (non-hydrogen) atoms. The monoisotopic (exact) mass is 250 g/mol. The number of unbranched alkanes of at least 4 members (excludes halogenated alkanes) is 2. The van der Waals surface area contributed by atoms with Crippen molar-refractivity contribution in [2.75, 3.05) is 0 Å². The average molecular weight is 250 g/mol. The van der Waals surface area contributed by atoms with Gasteiger partial charge in [-0.1, -0.05) is 81.5 Å². The third-order valence-corrected chi connectivity index (χ3v) is 1.90. The molecule has 2 nitrogen and oxygen atoms in total. The summed E-state index contributed by atoms with van der Waals surface area (Å²) in [5.74, 6) is 0. The first kappa shape index (κ1) is 19.0. The van der Waals surface area contributed by atoms with Crippen LogP contribution in [0.4, 0.5) is 0 Å². The molecule has 2 heteroatoms. The fourth-order valence-electron chi connectivity index (χ4n) is 0.962. The van der Waals surface area contributed by atoms with Crippen LogP contribution in [0.1, 0.15) is 32.6 Å². The molecule has 0 aliphatic heterocycles. The number of aliphatic hydroxyl groups excluding tert-OH is 1. The molecular formula is C16H26O2. The number of hydrogen-bond acceptors (Lipinski definition) is 2. The van der Waals surface area contributed by atoms with Gasteiger partial charge in [-0.2, -0.15) is 0 Å². The summed E-state index contributed by atoms with van der Waals surface area (Å²) in [7, 11) is 0. The quantitative estimate of drug-likeness (QED) is 0.472. The Morgan fingerprint density at radius 3 is 1.50 bits per heavy atom. The van der Waals surface area contributed by atoms with Gasteiger partial charge in [-0.05, 0) is 12.8 Å². The van der Waals surface area contributed by atoms with Crippen LogP contribution in [-0.4, -0.2) is 16.5 Å². The standard InChI is InChI=1S/C6H14O2.C6H6.C4H6/c1-2-3-4-5-6(7)8;1-2-4-6-5-3-1;1-3-4-2/h6-8H,2-5H2,1H3;1-6H;3-4H,1-2H2. The molecule has 2 N–H and O–H groups in total. The first-order valence-corrected chi connectivity index (χ1v) is 6.28. The molecule has 0 spiro atoms. The summed E-state index contributed by atoms with van der Waals surface area (Å²) in [6, 6.07) is 12.0. The van der Waals surface area contributed by atoms with Crippen LogP contribution >= 0.6 is 0 Å². The van der Waals surface area contributed by atoms with Crippen LogP contribution < -0.4 is 0 Å². The van der Waals surface area contributed by atoms with Crippen molar-refractivity contribution in [3.63, 3.8) is 0 Å². The highest BCUT2D eigenvalue weighted by molar-refractivity contribution is 4.99. The van der Waals surface area contributed by atoms with Gasteiger partial charge in [0.2, 0.25) is 0 Å². The number of hydrogen-bond donors (Lipinski definition) is 2. The Hall–Kier alpha value is -1.38. The van der Waals surface area contributed by atoms with Gasteiger partial charge in [0.1, 0.15) is 0 Å². The summed E-state index contributed by atoms with van der Waals surface area (Å²) in [6.07, 6.45) is 5.85. The Morgan fingerprint density at radius 1 is 0.889 bits per heavy atom. The first-order chi connectivity index (χ1) is 8.68. The highest BCUT2D eigenvalue weighted by Gasteiger charge is 1.93. The van der Waals surface area contributed by atoms with Gasteiger partial charge in [0, 0.05) is 0 Å². The topological polar surface area (TPSA) is 40.5 Å². The summed E-state index contributed by atoms with van der Waals surface area (Å²) >= 11 is 0. The van der Waals surface area contributed by atoms with Crippen LogP contribution in [0.25, 0.3) is 0 Å². The summed E-state index contributed by atoms with van der Waals surface area (Å²) < 4.78 is 0. The summed E-state index contributed by atoms with van der Waals surface area (Å²) in [4.78, 5) is 0. The van der Waals surface area contributed by atoms with Crippen molar-refractivity contribution in [2.24, 2.45) is 0 Å². The predicted octanol–water partition coefficient (Wildman–Crippen LogP) is 3.92. The molecule has 0 unspecified atom stereocenters. The summed E-state index contributed by atoms with van der Waals surface area (Å²) in [5, 5.41) is 16.7. The van der Waals surface area contributed by atoms with Crippen LogP contribution in [0, 0.1) is 0 Å². The van der Waals surface area contributed by atoms with Crippen LogP contribution in [0.15, 0.2) is 61.7 Å². The Morgan fingerprint density at radius 2 is 1.28 bits per heavy atom. The van der Waals surface area contributed by atoms with E-state index in [1.807, 2.05) is 36.4 Å². The van der Waals surface area contributed by atoms with Crippen molar-refractivity contribution in [1.82, 2.24) is 0 Å². The molecule has 0 amide bonds. The number of benzene rings is 1. The number of aliphatic hydroxyl groups is 2. The van der Waals surface area contributed by atoms with Crippen molar-refractivity contribution in [3.05, 3.63) is 61.7 Å². The Bertz CT molecular complexity index is 222. The molecule has 0 atom stereocenters. The van der Waals surface area contributed by atoms with Crippen LogP contribution in [0.5, 0.6) is 0 Å². The van der Waals surface area contributed by atoms with Crippen molar-refractivity contribution >= 4 is 0 Å². The lowest BCUT2D eigenvalue weighted by Crippen LogP contribution is -2.02. The van der Waals surface area contributed by atoms with E-state index in [-0.39, 0.29) is 0 Å².